The molecule has 0 fully saturated rings. The maximum atomic E-state index is 4.60. The van der Waals surface area contributed by atoms with E-state index >= 15 is 0 Å². The van der Waals surface area contributed by atoms with Crippen molar-refractivity contribution in [1.82, 2.24) is 73.7 Å². The number of aryl methyl sites for hydroxylation is 12. The molecule has 460 valence electrons. The molecule has 20 heteroatoms. The van der Waals surface area contributed by atoms with Gasteiger partial charge in [-0.25, -0.2) is 55.0 Å². The standard InChI is InChI=1S/2C12H14N3.2C11H13N4.2C11H11N3.2CH4/c2*1-9-13(2)11-8-10-6-4-5-7-15(10)12(11)14(9)3;2*1-8-13(2)10-11(14(8)3)15-7-5-4-6-9(15)12-10;1-8-12-9-7-14-6-4-3-5-10(14)11(9)13(8)2;1-8-12-11-9-5-3-4-6-14(9)7-10(11)13(8)2;;/h2*4-8H,1-3H3;2*4-7H,1-3H3;2*3-7H,1-2H3;2*1H4/q4*+1;;;;. The second-order valence-corrected chi connectivity index (χ2v) is 22.9. The lowest BCUT2D eigenvalue weighted by molar-refractivity contribution is -0.654. The summed E-state index contributed by atoms with van der Waals surface area (Å²) in [5.41, 5.74) is 20.8. The zero-order chi connectivity index (χ0) is 61.7. The van der Waals surface area contributed by atoms with E-state index in [1.807, 2.05) is 114 Å². The van der Waals surface area contributed by atoms with E-state index in [0.29, 0.717) is 0 Å². The molecule has 0 atom stereocenters. The molecule has 90 heavy (non-hydrogen) atoms. The van der Waals surface area contributed by atoms with Gasteiger partial charge in [0.2, 0.25) is 23.3 Å². The van der Waals surface area contributed by atoms with Crippen LogP contribution in [0.25, 0.3) is 100 Å². The smallest absolute Gasteiger partial charge is 0.294 e. The number of aromatic nitrogens is 20. The highest BCUT2D eigenvalue weighted by molar-refractivity contribution is 5.93. The van der Waals surface area contributed by atoms with Crippen molar-refractivity contribution in [3.05, 3.63) is 206 Å². The van der Waals surface area contributed by atoms with E-state index < -0.39 is 0 Å². The van der Waals surface area contributed by atoms with E-state index in [2.05, 4.69) is 261 Å². The summed E-state index contributed by atoms with van der Waals surface area (Å²) in [4.78, 5) is 18.2. The van der Waals surface area contributed by atoms with Gasteiger partial charge in [-0.3, -0.25) is 9.13 Å². The van der Waals surface area contributed by atoms with Crippen LogP contribution in [0.15, 0.2) is 171 Å². The lowest BCUT2D eigenvalue weighted by Gasteiger charge is -1.97. The summed E-state index contributed by atoms with van der Waals surface area (Å²) in [5, 5.41) is 0. The molecule has 18 aromatic rings. The van der Waals surface area contributed by atoms with Crippen molar-refractivity contribution >= 4 is 100 Å². The van der Waals surface area contributed by atoms with E-state index in [-0.39, 0.29) is 14.9 Å². The Balaban J connectivity index is 0.000000111. The Hall–Kier alpha value is -10.8. The van der Waals surface area contributed by atoms with Crippen LogP contribution in [0, 0.1) is 41.5 Å². The Kier molecular flexibility index (Phi) is 15.8. The van der Waals surface area contributed by atoms with Gasteiger partial charge in [0.25, 0.3) is 33.9 Å². The number of nitrogens with zero attached hydrogens (tertiary/aromatic N) is 20. The summed E-state index contributed by atoms with van der Waals surface area (Å²) >= 11 is 0. The largest absolute Gasteiger partial charge is 0.330 e. The van der Waals surface area contributed by atoms with Gasteiger partial charge in [0.15, 0.2) is 22.3 Å². The number of imidazole rings is 8. The predicted octanol–water partition coefficient (Wildman–Crippen LogP) is 10.6. The van der Waals surface area contributed by atoms with Crippen molar-refractivity contribution in [2.24, 2.45) is 70.5 Å². The Morgan fingerprint density at radius 2 is 0.722 bits per heavy atom. The average molecular weight is 1210 g/mol. The van der Waals surface area contributed by atoms with Crippen molar-refractivity contribution in [2.45, 2.75) is 56.4 Å². The molecule has 18 rings (SSSR count). The molecule has 0 radical (unpaired) electrons. The number of rotatable bonds is 0. The normalized spacial score (nSPS) is 11.4. The minimum absolute atomic E-state index is 0. The molecule has 18 aromatic heterocycles. The third-order valence-corrected chi connectivity index (χ3v) is 18.2. The highest BCUT2D eigenvalue weighted by Gasteiger charge is 2.24. The molecule has 0 aliphatic rings. The monoisotopic (exact) mass is 1200 g/mol. The molecule has 0 aromatic carbocycles. The molecule has 0 bridgehead atoms. The molecule has 0 spiro atoms. The molecule has 0 aliphatic carbocycles. The number of fused-ring (bicyclic) bond motifs is 18. The van der Waals surface area contributed by atoms with Crippen molar-refractivity contribution in [3.63, 3.8) is 0 Å². The van der Waals surface area contributed by atoms with Gasteiger partial charge in [-0.2, -0.15) is 9.97 Å². The summed E-state index contributed by atoms with van der Waals surface area (Å²) in [5.74, 6) is 7.04. The van der Waals surface area contributed by atoms with Gasteiger partial charge in [0.1, 0.15) is 33.7 Å². The third-order valence-electron chi connectivity index (χ3n) is 18.2. The van der Waals surface area contributed by atoms with Crippen LogP contribution in [0.2, 0.25) is 0 Å². The summed E-state index contributed by atoms with van der Waals surface area (Å²) in [7, 11) is 20.8. The minimum Gasteiger partial charge on any atom is -0.330 e. The summed E-state index contributed by atoms with van der Waals surface area (Å²) in [6, 6.07) is 41.5. The molecule has 0 amide bonds. The average Bonchev–Trinajstić information content (AvgIpc) is 1.65. The Morgan fingerprint density at radius 1 is 0.333 bits per heavy atom. The van der Waals surface area contributed by atoms with Crippen molar-refractivity contribution in [3.8, 4) is 0 Å². The van der Waals surface area contributed by atoms with Crippen LogP contribution in [0.5, 0.6) is 0 Å². The van der Waals surface area contributed by atoms with Crippen LogP contribution in [0.1, 0.15) is 49.8 Å². The second kappa shape index (κ2) is 23.4. The lowest BCUT2D eigenvalue weighted by Crippen LogP contribution is -2.31. The van der Waals surface area contributed by atoms with Gasteiger partial charge in [-0.05, 0) is 86.6 Å². The van der Waals surface area contributed by atoms with Gasteiger partial charge in [-0.15, -0.1) is 0 Å². The van der Waals surface area contributed by atoms with Crippen LogP contribution >= 0.6 is 0 Å². The molecule has 0 saturated carbocycles. The highest BCUT2D eigenvalue weighted by atomic mass is 15.3. The number of hydrogen-bond acceptors (Lipinski definition) is 4. The van der Waals surface area contributed by atoms with Crippen LogP contribution in [-0.2, 0) is 70.5 Å². The van der Waals surface area contributed by atoms with E-state index in [1.54, 1.807) is 0 Å². The van der Waals surface area contributed by atoms with Crippen LogP contribution in [-0.4, -0.2) is 73.7 Å². The topological polar surface area (TPSA) is 123 Å². The summed E-state index contributed by atoms with van der Waals surface area (Å²) in [6.07, 6.45) is 16.6. The number of hydrogen-bond donors (Lipinski definition) is 0. The predicted molar refractivity (Wildman–Crippen MR) is 361 cm³/mol. The number of pyridine rings is 6. The van der Waals surface area contributed by atoms with E-state index in [1.165, 1.54) is 78.7 Å². The van der Waals surface area contributed by atoms with E-state index in [9.17, 15) is 0 Å². The van der Waals surface area contributed by atoms with Crippen LogP contribution in [0.3, 0.4) is 0 Å². The van der Waals surface area contributed by atoms with Crippen molar-refractivity contribution < 1.29 is 18.3 Å². The third kappa shape index (κ3) is 9.69. The first-order valence-corrected chi connectivity index (χ1v) is 29.5. The van der Waals surface area contributed by atoms with Gasteiger partial charge in [0.05, 0.1) is 103 Å². The fourth-order valence-electron chi connectivity index (χ4n) is 12.3. The minimum atomic E-state index is 0. The Morgan fingerprint density at radius 3 is 1.21 bits per heavy atom. The molecular weight excluding hydrogens is 1120 g/mol. The maximum absolute atomic E-state index is 4.60. The fourth-order valence-corrected chi connectivity index (χ4v) is 12.3. The zero-order valence-corrected chi connectivity index (χ0v) is 53.1. The van der Waals surface area contributed by atoms with Gasteiger partial charge in [0, 0.05) is 78.7 Å². The molecule has 0 N–H and O–H groups in total. The zero-order valence-electron chi connectivity index (χ0n) is 53.1. The van der Waals surface area contributed by atoms with Crippen molar-refractivity contribution in [2.75, 3.05) is 0 Å². The quantitative estimate of drug-likeness (QED) is 0.140. The molecular formula is C70H84N20+4. The van der Waals surface area contributed by atoms with Gasteiger partial charge < -0.3 is 17.9 Å². The summed E-state index contributed by atoms with van der Waals surface area (Å²) in [6.45, 7) is 12.5. The molecule has 0 unspecified atom stereocenters. The Labute approximate surface area is 522 Å². The van der Waals surface area contributed by atoms with Crippen LogP contribution < -0.4 is 18.3 Å². The first-order valence-electron chi connectivity index (χ1n) is 29.5. The Bertz CT molecular complexity index is 5200. The summed E-state index contributed by atoms with van der Waals surface area (Å²) < 4.78 is 34.6. The molecule has 20 nitrogen and oxygen atoms in total. The lowest BCUT2D eigenvalue weighted by atomic mass is 10.4. The molecule has 0 aliphatic heterocycles. The maximum Gasteiger partial charge on any atom is 0.294 e. The first-order chi connectivity index (χ1) is 42.3. The van der Waals surface area contributed by atoms with Crippen LogP contribution in [0.4, 0.5) is 0 Å². The van der Waals surface area contributed by atoms with Gasteiger partial charge in [-0.1, -0.05) is 51.3 Å². The first kappa shape index (κ1) is 60.9. The van der Waals surface area contributed by atoms with E-state index in [0.717, 1.165) is 56.6 Å². The molecule has 0 saturated heterocycles. The van der Waals surface area contributed by atoms with Crippen molar-refractivity contribution in [1.29, 1.82) is 0 Å². The van der Waals surface area contributed by atoms with E-state index in [4.69, 9.17) is 0 Å². The van der Waals surface area contributed by atoms with Gasteiger partial charge >= 0.3 is 0 Å². The SMILES string of the molecule is C.C.Cc1n(C)c2cc3ccccn3c2[n+]1C.Cc1n(C)c2cc3ccccn3c2[n+]1C.Cc1n(C)c2nc3ccccn3c2[n+]1C.Cc1n(C)c2nc3ccccn3c2[n+]1C.Cc1nc2c(cn3ccccc23)n1C.Cc1nc2cn3ccccc3c2n1C. The second-order valence-electron chi connectivity index (χ2n) is 22.9. The highest BCUT2D eigenvalue weighted by Crippen LogP contribution is 2.25. The molecule has 18 heterocycles. The fraction of sp³-hybridized carbons (Fsp3) is 0.257.